The highest BCUT2D eigenvalue weighted by molar-refractivity contribution is 8.00. The Labute approximate surface area is 150 Å². The van der Waals surface area contributed by atoms with Crippen molar-refractivity contribution in [3.63, 3.8) is 0 Å². The van der Waals surface area contributed by atoms with E-state index < -0.39 is 0 Å². The van der Waals surface area contributed by atoms with Crippen LogP contribution in [0.1, 0.15) is 5.56 Å². The van der Waals surface area contributed by atoms with Gasteiger partial charge in [0.15, 0.2) is 5.82 Å². The van der Waals surface area contributed by atoms with Crippen molar-refractivity contribution < 1.29 is 9.90 Å². The second-order valence-corrected chi connectivity index (χ2v) is 6.54. The largest absolute Gasteiger partial charge is 0.508 e. The highest BCUT2D eigenvalue weighted by Crippen LogP contribution is 2.21. The molecule has 0 aliphatic heterocycles. The van der Waals surface area contributed by atoms with Crippen molar-refractivity contribution in [3.8, 4) is 17.1 Å². The van der Waals surface area contributed by atoms with Crippen molar-refractivity contribution in [2.24, 2.45) is 0 Å². The number of benzene rings is 2. The van der Waals surface area contributed by atoms with Crippen LogP contribution in [0.2, 0.25) is 0 Å². The molecule has 0 unspecified atom stereocenters. The Balaban J connectivity index is 1.57. The maximum atomic E-state index is 12.0. The molecule has 0 fully saturated rings. The topological polar surface area (TPSA) is 75.1 Å². The molecule has 5 nitrogen and oxygen atoms in total. The van der Waals surface area contributed by atoms with Gasteiger partial charge in [0.05, 0.1) is 23.8 Å². The highest BCUT2D eigenvalue weighted by atomic mass is 32.2. The summed E-state index contributed by atoms with van der Waals surface area (Å²) in [5.74, 6) is 0.853. The van der Waals surface area contributed by atoms with Crippen LogP contribution in [0.15, 0.2) is 65.8 Å². The number of amides is 1. The normalized spacial score (nSPS) is 10.4. The molecule has 0 radical (unpaired) electrons. The fourth-order valence-electron chi connectivity index (χ4n) is 2.17. The minimum absolute atomic E-state index is 0.112. The second-order valence-electron chi connectivity index (χ2n) is 5.50. The highest BCUT2D eigenvalue weighted by Gasteiger charge is 2.06. The van der Waals surface area contributed by atoms with Crippen LogP contribution in [0.3, 0.4) is 0 Å². The first-order chi connectivity index (χ1) is 12.1. The van der Waals surface area contributed by atoms with Crippen LogP contribution in [0.4, 0.5) is 5.69 Å². The molecule has 0 saturated heterocycles. The number of phenolic OH excluding ortho intramolecular Hbond substituents is 1. The molecule has 1 amide bonds. The molecule has 6 heteroatoms. The number of aromatic hydroxyl groups is 1. The average Bonchev–Trinajstić information content (AvgIpc) is 2.62. The van der Waals surface area contributed by atoms with E-state index in [1.54, 1.807) is 30.6 Å². The van der Waals surface area contributed by atoms with E-state index in [0.29, 0.717) is 22.8 Å². The Morgan fingerprint density at radius 1 is 1.12 bits per heavy atom. The number of carbonyl (C=O) groups is 1. The number of aryl methyl sites for hydroxylation is 1. The first-order valence-corrected chi connectivity index (χ1v) is 8.69. The number of rotatable bonds is 5. The molecule has 3 aromatic rings. The van der Waals surface area contributed by atoms with Crippen LogP contribution < -0.4 is 5.32 Å². The smallest absolute Gasteiger partial charge is 0.234 e. The van der Waals surface area contributed by atoms with Crippen LogP contribution in [-0.4, -0.2) is 26.7 Å². The van der Waals surface area contributed by atoms with Crippen LogP contribution >= 0.6 is 11.8 Å². The zero-order valence-corrected chi connectivity index (χ0v) is 14.5. The number of hydrogen-bond acceptors (Lipinski definition) is 5. The number of nitrogens with one attached hydrogen (secondary N) is 1. The Bertz CT molecular complexity index is 865. The van der Waals surface area contributed by atoms with E-state index in [2.05, 4.69) is 15.3 Å². The van der Waals surface area contributed by atoms with Gasteiger partial charge in [-0.25, -0.2) is 9.97 Å². The summed E-state index contributed by atoms with van der Waals surface area (Å²) in [5.41, 5.74) is 2.45. The van der Waals surface area contributed by atoms with Crippen LogP contribution in [0.25, 0.3) is 11.4 Å². The lowest BCUT2D eigenvalue weighted by atomic mass is 10.2. The molecule has 0 spiro atoms. The second kappa shape index (κ2) is 7.81. The molecule has 1 aromatic heterocycles. The summed E-state index contributed by atoms with van der Waals surface area (Å²) < 4.78 is 0. The summed E-state index contributed by atoms with van der Waals surface area (Å²) in [6.45, 7) is 2.03. The minimum Gasteiger partial charge on any atom is -0.508 e. The Morgan fingerprint density at radius 2 is 1.84 bits per heavy atom. The maximum absolute atomic E-state index is 12.0. The van der Waals surface area contributed by atoms with Gasteiger partial charge in [-0.05, 0) is 31.2 Å². The fraction of sp³-hybridized carbons (Fsp3) is 0.105. The molecular formula is C19H17N3O2S. The molecule has 126 valence electrons. The van der Waals surface area contributed by atoms with Gasteiger partial charge < -0.3 is 10.4 Å². The summed E-state index contributed by atoms with van der Waals surface area (Å²) in [4.78, 5) is 21.5. The summed E-state index contributed by atoms with van der Waals surface area (Å²) in [6.07, 6.45) is 3.11. The molecule has 2 N–H and O–H groups in total. The van der Waals surface area contributed by atoms with E-state index in [0.717, 1.165) is 4.90 Å². The first-order valence-electron chi connectivity index (χ1n) is 7.71. The number of carbonyl (C=O) groups excluding carboxylic acids is 1. The standard InChI is InChI=1S/C19H17N3O2S/c1-13-5-7-17(8-6-13)25-12-18(24)22-15-10-20-19(21-11-15)14-3-2-4-16(23)9-14/h2-11,23H,12H2,1H3,(H,22,24). The van der Waals surface area contributed by atoms with Crippen molar-refractivity contribution >= 4 is 23.4 Å². The maximum Gasteiger partial charge on any atom is 0.234 e. The van der Waals surface area contributed by atoms with Gasteiger partial charge in [-0.15, -0.1) is 11.8 Å². The third-order valence-electron chi connectivity index (χ3n) is 3.43. The summed E-state index contributed by atoms with van der Waals surface area (Å²) in [7, 11) is 0. The van der Waals surface area contributed by atoms with E-state index in [1.807, 2.05) is 37.3 Å². The monoisotopic (exact) mass is 351 g/mol. The van der Waals surface area contributed by atoms with Crippen LogP contribution in [0.5, 0.6) is 5.75 Å². The van der Waals surface area contributed by atoms with Crippen molar-refractivity contribution in [2.45, 2.75) is 11.8 Å². The molecule has 0 saturated carbocycles. The molecule has 1 heterocycles. The summed E-state index contributed by atoms with van der Waals surface area (Å²) in [6, 6.07) is 14.8. The lowest BCUT2D eigenvalue weighted by molar-refractivity contribution is -0.113. The third-order valence-corrected chi connectivity index (χ3v) is 4.44. The number of nitrogens with zero attached hydrogens (tertiary/aromatic N) is 2. The zero-order chi connectivity index (χ0) is 17.6. The summed E-state index contributed by atoms with van der Waals surface area (Å²) in [5, 5.41) is 12.3. The van der Waals surface area contributed by atoms with Crippen molar-refractivity contribution in [1.29, 1.82) is 0 Å². The summed E-state index contributed by atoms with van der Waals surface area (Å²) >= 11 is 1.48. The van der Waals surface area contributed by atoms with Crippen molar-refractivity contribution in [3.05, 3.63) is 66.5 Å². The predicted octanol–water partition coefficient (Wildman–Crippen LogP) is 3.89. The van der Waals surface area contributed by atoms with E-state index >= 15 is 0 Å². The molecule has 0 atom stereocenters. The van der Waals surface area contributed by atoms with E-state index in [-0.39, 0.29) is 11.7 Å². The van der Waals surface area contributed by atoms with Crippen molar-refractivity contribution in [2.75, 3.05) is 11.1 Å². The van der Waals surface area contributed by atoms with Crippen molar-refractivity contribution in [1.82, 2.24) is 9.97 Å². The molecule has 0 aliphatic carbocycles. The fourth-order valence-corrected chi connectivity index (χ4v) is 2.87. The van der Waals surface area contributed by atoms with Gasteiger partial charge in [0, 0.05) is 10.5 Å². The van der Waals surface area contributed by atoms with Gasteiger partial charge >= 0.3 is 0 Å². The number of anilines is 1. The molecule has 0 aliphatic rings. The number of aromatic nitrogens is 2. The van der Waals surface area contributed by atoms with Gasteiger partial charge in [0.1, 0.15) is 5.75 Å². The van der Waals surface area contributed by atoms with Crippen LogP contribution in [0, 0.1) is 6.92 Å². The lowest BCUT2D eigenvalue weighted by Crippen LogP contribution is -2.14. The predicted molar refractivity (Wildman–Crippen MR) is 99.7 cm³/mol. The van der Waals surface area contributed by atoms with Gasteiger partial charge in [0.25, 0.3) is 0 Å². The molecular weight excluding hydrogens is 334 g/mol. The van der Waals surface area contributed by atoms with Gasteiger partial charge in [-0.3, -0.25) is 4.79 Å². The average molecular weight is 351 g/mol. The van der Waals surface area contributed by atoms with E-state index in [1.165, 1.54) is 17.3 Å². The Morgan fingerprint density at radius 3 is 2.52 bits per heavy atom. The van der Waals surface area contributed by atoms with Gasteiger partial charge in [-0.2, -0.15) is 0 Å². The minimum atomic E-state index is -0.112. The van der Waals surface area contributed by atoms with Crippen LogP contribution in [-0.2, 0) is 4.79 Å². The lowest BCUT2D eigenvalue weighted by Gasteiger charge is -2.06. The zero-order valence-electron chi connectivity index (χ0n) is 13.6. The van der Waals surface area contributed by atoms with E-state index in [4.69, 9.17) is 0 Å². The van der Waals surface area contributed by atoms with Gasteiger partial charge in [0.2, 0.25) is 5.91 Å². The number of phenols is 1. The molecule has 2 aromatic carbocycles. The SMILES string of the molecule is Cc1ccc(SCC(=O)Nc2cnc(-c3cccc(O)c3)nc2)cc1. The molecule has 25 heavy (non-hydrogen) atoms. The van der Waals surface area contributed by atoms with Gasteiger partial charge in [-0.1, -0.05) is 29.8 Å². The van der Waals surface area contributed by atoms with E-state index in [9.17, 15) is 9.90 Å². The molecule has 3 rings (SSSR count). The quantitative estimate of drug-likeness (QED) is 0.682. The Hall–Kier alpha value is -2.86. The number of thioether (sulfide) groups is 1. The first kappa shape index (κ1) is 17.0. The third kappa shape index (κ3) is 4.81. The number of hydrogen-bond donors (Lipinski definition) is 2. The Kier molecular flexibility index (Phi) is 5.30. The molecule has 0 bridgehead atoms.